The van der Waals surface area contributed by atoms with E-state index in [0.29, 0.717) is 11.1 Å². The zero-order valence-electron chi connectivity index (χ0n) is 14.3. The Bertz CT molecular complexity index is 673. The van der Waals surface area contributed by atoms with Crippen molar-refractivity contribution in [1.82, 2.24) is 20.2 Å². The third-order valence-corrected chi connectivity index (χ3v) is 4.27. The molecule has 0 radical (unpaired) electrons. The largest absolute Gasteiger partial charge is 0.325 e. The van der Waals surface area contributed by atoms with Gasteiger partial charge in [-0.05, 0) is 48.2 Å². The highest BCUT2D eigenvalue weighted by atomic mass is 32.2. The lowest BCUT2D eigenvalue weighted by molar-refractivity contribution is -0.113. The lowest BCUT2D eigenvalue weighted by Crippen LogP contribution is -2.17. The van der Waals surface area contributed by atoms with E-state index >= 15 is 0 Å². The Morgan fingerprint density at radius 3 is 2.52 bits per heavy atom. The van der Waals surface area contributed by atoms with Gasteiger partial charge in [0.25, 0.3) is 0 Å². The van der Waals surface area contributed by atoms with Crippen molar-refractivity contribution in [3.8, 4) is 0 Å². The fraction of sp³-hybridized carbons (Fsp3) is 0.500. The van der Waals surface area contributed by atoms with E-state index in [1.165, 1.54) is 17.3 Å². The van der Waals surface area contributed by atoms with Crippen molar-refractivity contribution in [2.24, 2.45) is 5.92 Å². The predicted octanol–water partition coefficient (Wildman–Crippen LogP) is 2.99. The second-order valence-electron chi connectivity index (χ2n) is 6.15. The molecule has 2 aromatic rings. The van der Waals surface area contributed by atoms with Gasteiger partial charge in [-0.1, -0.05) is 43.3 Å². The molecule has 0 saturated heterocycles. The molecular formula is C16H23N5OS. The van der Waals surface area contributed by atoms with E-state index in [4.69, 9.17) is 0 Å². The standard InChI is InChI=1S/C16H23N5OS/c1-10(2)8-21-16(18-19-20-21)23-9-14(22)17-15-12(4)6-11(3)7-13(15)5/h6-7,10H,8-9H2,1-5H3,(H,17,22). The van der Waals surface area contributed by atoms with Crippen molar-refractivity contribution >= 4 is 23.4 Å². The van der Waals surface area contributed by atoms with Crippen LogP contribution in [0, 0.1) is 26.7 Å². The zero-order valence-corrected chi connectivity index (χ0v) is 15.1. The van der Waals surface area contributed by atoms with E-state index in [1.807, 2.05) is 13.8 Å². The number of anilines is 1. The van der Waals surface area contributed by atoms with Crippen molar-refractivity contribution < 1.29 is 4.79 Å². The van der Waals surface area contributed by atoms with E-state index in [0.717, 1.165) is 23.4 Å². The van der Waals surface area contributed by atoms with Gasteiger partial charge in [-0.15, -0.1) is 5.10 Å². The summed E-state index contributed by atoms with van der Waals surface area (Å²) >= 11 is 1.35. The van der Waals surface area contributed by atoms with Crippen molar-refractivity contribution in [2.45, 2.75) is 46.3 Å². The number of thioether (sulfide) groups is 1. The highest BCUT2D eigenvalue weighted by molar-refractivity contribution is 7.99. The van der Waals surface area contributed by atoms with Gasteiger partial charge in [0, 0.05) is 12.2 Å². The molecule has 0 aliphatic carbocycles. The number of rotatable bonds is 6. The van der Waals surface area contributed by atoms with E-state index in [2.05, 4.69) is 53.7 Å². The van der Waals surface area contributed by atoms with Gasteiger partial charge < -0.3 is 5.32 Å². The Labute approximate surface area is 141 Å². The molecule has 2 rings (SSSR count). The fourth-order valence-corrected chi connectivity index (χ4v) is 3.13. The zero-order chi connectivity index (χ0) is 17.0. The summed E-state index contributed by atoms with van der Waals surface area (Å²) in [6.07, 6.45) is 0. The van der Waals surface area contributed by atoms with E-state index < -0.39 is 0 Å². The Balaban J connectivity index is 1.97. The predicted molar refractivity (Wildman–Crippen MR) is 92.7 cm³/mol. The van der Waals surface area contributed by atoms with Crippen molar-refractivity contribution in [3.63, 3.8) is 0 Å². The number of nitrogens with one attached hydrogen (secondary N) is 1. The molecule has 1 amide bonds. The van der Waals surface area contributed by atoms with Crippen molar-refractivity contribution in [1.29, 1.82) is 0 Å². The molecule has 7 heteroatoms. The van der Waals surface area contributed by atoms with Crippen LogP contribution in [-0.2, 0) is 11.3 Å². The molecule has 124 valence electrons. The van der Waals surface area contributed by atoms with E-state index in [1.54, 1.807) is 4.68 Å². The summed E-state index contributed by atoms with van der Waals surface area (Å²) in [6, 6.07) is 4.14. The summed E-state index contributed by atoms with van der Waals surface area (Å²) in [7, 11) is 0. The van der Waals surface area contributed by atoms with Crippen LogP contribution in [0.5, 0.6) is 0 Å². The number of tetrazole rings is 1. The summed E-state index contributed by atoms with van der Waals surface area (Å²) in [5.41, 5.74) is 4.24. The average molecular weight is 333 g/mol. The number of hydrogen-bond donors (Lipinski definition) is 1. The number of hydrogen-bond acceptors (Lipinski definition) is 5. The molecule has 6 nitrogen and oxygen atoms in total. The molecule has 1 heterocycles. The number of amides is 1. The molecular weight excluding hydrogens is 310 g/mol. The molecule has 0 atom stereocenters. The number of nitrogens with zero attached hydrogens (tertiary/aromatic N) is 4. The fourth-order valence-electron chi connectivity index (χ4n) is 2.44. The quantitative estimate of drug-likeness (QED) is 0.823. The smallest absolute Gasteiger partial charge is 0.234 e. The van der Waals surface area contributed by atoms with Gasteiger partial charge in [-0.3, -0.25) is 4.79 Å². The Morgan fingerprint density at radius 2 is 1.91 bits per heavy atom. The third-order valence-electron chi connectivity index (χ3n) is 3.31. The minimum Gasteiger partial charge on any atom is -0.325 e. The SMILES string of the molecule is Cc1cc(C)c(NC(=O)CSc2nnnn2CC(C)C)c(C)c1. The maximum Gasteiger partial charge on any atom is 0.234 e. The Morgan fingerprint density at radius 1 is 1.26 bits per heavy atom. The molecule has 1 aromatic heterocycles. The van der Waals surface area contributed by atoms with Crippen molar-refractivity contribution in [3.05, 3.63) is 28.8 Å². The summed E-state index contributed by atoms with van der Waals surface area (Å²) in [5, 5.41) is 15.3. The molecule has 0 spiro atoms. The number of aromatic nitrogens is 4. The maximum atomic E-state index is 12.2. The van der Waals surface area contributed by atoms with E-state index in [-0.39, 0.29) is 11.7 Å². The second kappa shape index (κ2) is 7.59. The first-order valence-corrected chi connectivity index (χ1v) is 8.62. The minimum atomic E-state index is -0.0517. The Hall–Kier alpha value is -1.89. The van der Waals surface area contributed by atoms with Gasteiger partial charge >= 0.3 is 0 Å². The van der Waals surface area contributed by atoms with Gasteiger partial charge in [-0.25, -0.2) is 4.68 Å². The van der Waals surface area contributed by atoms with Gasteiger partial charge in [0.15, 0.2) is 0 Å². The van der Waals surface area contributed by atoms with Crippen LogP contribution in [0.25, 0.3) is 0 Å². The van der Waals surface area contributed by atoms with Crippen LogP contribution in [0.3, 0.4) is 0 Å². The molecule has 0 saturated carbocycles. The minimum absolute atomic E-state index is 0.0517. The number of carbonyl (C=O) groups excluding carboxylic acids is 1. The molecule has 0 aliphatic heterocycles. The summed E-state index contributed by atoms with van der Waals surface area (Å²) < 4.78 is 1.74. The molecule has 0 aliphatic rings. The maximum absolute atomic E-state index is 12.2. The van der Waals surface area contributed by atoms with Gasteiger partial charge in [-0.2, -0.15) is 0 Å². The highest BCUT2D eigenvalue weighted by Gasteiger charge is 2.13. The monoisotopic (exact) mass is 333 g/mol. The van der Waals surface area contributed by atoms with Crippen LogP contribution in [0.15, 0.2) is 17.3 Å². The van der Waals surface area contributed by atoms with Crippen LogP contribution >= 0.6 is 11.8 Å². The van der Waals surface area contributed by atoms with Gasteiger partial charge in [0.1, 0.15) is 0 Å². The highest BCUT2D eigenvalue weighted by Crippen LogP contribution is 2.23. The Kier molecular flexibility index (Phi) is 5.76. The average Bonchev–Trinajstić information content (AvgIpc) is 2.87. The number of aryl methyl sites for hydroxylation is 3. The van der Waals surface area contributed by atoms with Crippen LogP contribution in [0.1, 0.15) is 30.5 Å². The van der Waals surface area contributed by atoms with Crippen LogP contribution < -0.4 is 5.32 Å². The number of carbonyl (C=O) groups is 1. The van der Waals surface area contributed by atoms with E-state index in [9.17, 15) is 4.79 Å². The topological polar surface area (TPSA) is 72.7 Å². The van der Waals surface area contributed by atoms with Gasteiger partial charge in [0.05, 0.1) is 5.75 Å². The third kappa shape index (κ3) is 4.79. The summed E-state index contributed by atoms with van der Waals surface area (Å²) in [5.74, 6) is 0.680. The molecule has 1 aromatic carbocycles. The summed E-state index contributed by atoms with van der Waals surface area (Å²) in [6.45, 7) is 11.0. The molecule has 23 heavy (non-hydrogen) atoms. The first kappa shape index (κ1) is 17.5. The van der Waals surface area contributed by atoms with Crippen LogP contribution in [0.2, 0.25) is 0 Å². The molecule has 1 N–H and O–H groups in total. The van der Waals surface area contributed by atoms with Crippen LogP contribution in [0.4, 0.5) is 5.69 Å². The molecule has 0 fully saturated rings. The second-order valence-corrected chi connectivity index (χ2v) is 7.09. The normalized spacial score (nSPS) is 11.0. The number of benzene rings is 1. The van der Waals surface area contributed by atoms with Crippen molar-refractivity contribution in [2.75, 3.05) is 11.1 Å². The first-order chi connectivity index (χ1) is 10.9. The van der Waals surface area contributed by atoms with Crippen LogP contribution in [-0.4, -0.2) is 31.9 Å². The lowest BCUT2D eigenvalue weighted by atomic mass is 10.1. The molecule has 0 unspecified atom stereocenters. The summed E-state index contributed by atoms with van der Waals surface area (Å²) in [4.78, 5) is 12.2. The molecule has 0 bridgehead atoms. The van der Waals surface area contributed by atoms with Gasteiger partial charge in [0.2, 0.25) is 11.1 Å². The first-order valence-electron chi connectivity index (χ1n) is 7.63. The lowest BCUT2D eigenvalue weighted by Gasteiger charge is -2.12.